The average molecular weight is 421 g/mol. The van der Waals surface area contributed by atoms with Crippen LogP contribution in [0.1, 0.15) is 78.6 Å². The quantitative estimate of drug-likeness (QED) is 0.338. The molecule has 0 rings (SSSR count). The van der Waals surface area contributed by atoms with Crippen LogP contribution in [-0.2, 0) is 28.0 Å². The molecule has 0 saturated heterocycles. The molecule has 0 spiro atoms. The number of unbranched alkanes of at least 4 members (excludes halogenated alkanes) is 3. The molecular formula is C18H36N3O6P. The second-order valence-electron chi connectivity index (χ2n) is 6.70. The molecule has 0 aromatic rings. The summed E-state index contributed by atoms with van der Waals surface area (Å²) in [5.74, 6) is -2.40. The Bertz CT molecular complexity index is 414. The van der Waals surface area contributed by atoms with Gasteiger partial charge in [0.05, 0.1) is 0 Å². The van der Waals surface area contributed by atoms with Crippen LogP contribution in [0.5, 0.6) is 0 Å². The van der Waals surface area contributed by atoms with Crippen LogP contribution in [0, 0.1) is 0 Å². The Morgan fingerprint density at radius 2 is 0.893 bits per heavy atom. The van der Waals surface area contributed by atoms with E-state index in [1.165, 1.54) is 0 Å². The number of carbonyl (C=O) groups is 3. The summed E-state index contributed by atoms with van der Waals surface area (Å²) < 4.78 is 15.2. The topological polar surface area (TPSA) is 157 Å². The molecule has 0 aromatic heterocycles. The van der Waals surface area contributed by atoms with E-state index in [0.717, 1.165) is 38.5 Å². The molecule has 0 saturated carbocycles. The highest BCUT2D eigenvalue weighted by Gasteiger charge is 2.33. The lowest BCUT2D eigenvalue weighted by Gasteiger charge is -2.20. The lowest BCUT2D eigenvalue weighted by atomic mass is 10.1. The second-order valence-corrected chi connectivity index (χ2v) is 7.70. The largest absolute Gasteiger partial charge is 0.537 e. The summed E-state index contributed by atoms with van der Waals surface area (Å²) in [6.45, 7) is 5.89. The van der Waals surface area contributed by atoms with E-state index in [1.807, 2.05) is 20.8 Å². The van der Waals surface area contributed by atoms with Crippen LogP contribution >= 0.6 is 8.60 Å². The summed E-state index contributed by atoms with van der Waals surface area (Å²) in [6.07, 6.45) is 6.01. The molecule has 0 radical (unpaired) electrons. The molecule has 0 aromatic carbocycles. The van der Waals surface area contributed by atoms with Gasteiger partial charge >= 0.3 is 26.5 Å². The van der Waals surface area contributed by atoms with Crippen LogP contribution in [0.2, 0.25) is 0 Å². The fraction of sp³-hybridized carbons (Fsp3) is 0.833. The van der Waals surface area contributed by atoms with E-state index in [0.29, 0.717) is 19.3 Å². The Morgan fingerprint density at radius 3 is 1.11 bits per heavy atom. The molecule has 0 amide bonds. The molecule has 6 N–H and O–H groups in total. The first kappa shape index (κ1) is 26.7. The van der Waals surface area contributed by atoms with Gasteiger partial charge < -0.3 is 30.8 Å². The molecule has 0 aliphatic heterocycles. The SMILES string of the molecule is CCCCC(N)C(=O)OP(OC(=O)C(N)CCCC)OC(=O)C(N)CCCC. The summed E-state index contributed by atoms with van der Waals surface area (Å²) in [7, 11) is -2.61. The van der Waals surface area contributed by atoms with Gasteiger partial charge in [0.15, 0.2) is 0 Å². The van der Waals surface area contributed by atoms with Gasteiger partial charge in [-0.15, -0.1) is 0 Å². The monoisotopic (exact) mass is 421 g/mol. The highest BCUT2D eigenvalue weighted by Crippen LogP contribution is 2.41. The number of rotatable bonds is 15. The first-order valence-electron chi connectivity index (χ1n) is 9.98. The van der Waals surface area contributed by atoms with E-state index in [1.54, 1.807) is 0 Å². The second kappa shape index (κ2) is 15.6. The van der Waals surface area contributed by atoms with Crippen LogP contribution in [0.3, 0.4) is 0 Å². The normalized spacial score (nSPS) is 15.2. The first-order chi connectivity index (χ1) is 13.3. The third-order valence-corrected chi connectivity index (χ3v) is 4.99. The zero-order valence-corrected chi connectivity index (χ0v) is 18.1. The number of hydrogen-bond acceptors (Lipinski definition) is 9. The highest BCUT2D eigenvalue weighted by molar-refractivity contribution is 7.43. The average Bonchev–Trinajstić information content (AvgIpc) is 2.67. The van der Waals surface area contributed by atoms with Crippen molar-refractivity contribution in [1.29, 1.82) is 0 Å². The predicted molar refractivity (Wildman–Crippen MR) is 108 cm³/mol. The summed E-state index contributed by atoms with van der Waals surface area (Å²) in [4.78, 5) is 36.4. The molecule has 0 fully saturated rings. The summed E-state index contributed by atoms with van der Waals surface area (Å²) >= 11 is 0. The molecule has 0 aliphatic rings. The third kappa shape index (κ3) is 11.5. The molecule has 28 heavy (non-hydrogen) atoms. The zero-order chi connectivity index (χ0) is 21.5. The zero-order valence-electron chi connectivity index (χ0n) is 17.2. The van der Waals surface area contributed by atoms with Gasteiger partial charge in [-0.1, -0.05) is 59.3 Å². The van der Waals surface area contributed by atoms with Crippen LogP contribution < -0.4 is 17.2 Å². The molecule has 9 nitrogen and oxygen atoms in total. The number of hydrogen-bond donors (Lipinski definition) is 3. The number of carbonyl (C=O) groups excluding carboxylic acids is 3. The molecule has 10 heteroatoms. The summed E-state index contributed by atoms with van der Waals surface area (Å²) in [6, 6.07) is -2.69. The minimum absolute atomic E-state index is 0.409. The minimum atomic E-state index is -2.61. The van der Waals surface area contributed by atoms with Crippen molar-refractivity contribution in [2.24, 2.45) is 17.2 Å². The van der Waals surface area contributed by atoms with Crippen molar-refractivity contribution in [2.45, 2.75) is 96.7 Å². The lowest BCUT2D eigenvalue weighted by Crippen LogP contribution is -2.35. The Kier molecular flexibility index (Phi) is 14.9. The van der Waals surface area contributed by atoms with Crippen molar-refractivity contribution in [3.8, 4) is 0 Å². The smallest absolute Gasteiger partial charge is 0.374 e. The molecule has 0 aliphatic carbocycles. The number of nitrogens with two attached hydrogens (primary N) is 3. The Labute approximate surface area is 169 Å². The Hall–Kier alpha value is -1.28. The van der Waals surface area contributed by atoms with Gasteiger partial charge in [0.2, 0.25) is 0 Å². The Morgan fingerprint density at radius 1 is 0.643 bits per heavy atom. The highest BCUT2D eigenvalue weighted by atomic mass is 31.2. The standard InChI is InChI=1S/C18H36N3O6P/c1-4-7-10-13(19)16(22)25-28(26-17(23)14(20)11-8-5-2)27-18(24)15(21)12-9-6-3/h13-15H,4-12,19-21H2,1-3H3. The van der Waals surface area contributed by atoms with E-state index in [9.17, 15) is 14.4 Å². The first-order valence-corrected chi connectivity index (χ1v) is 11.1. The van der Waals surface area contributed by atoms with Gasteiger partial charge in [0, 0.05) is 0 Å². The molecule has 0 heterocycles. The summed E-state index contributed by atoms with van der Waals surface area (Å²) in [5.41, 5.74) is 17.3. The van der Waals surface area contributed by atoms with Gasteiger partial charge in [-0.3, -0.25) is 0 Å². The van der Waals surface area contributed by atoms with Crippen molar-refractivity contribution in [3.63, 3.8) is 0 Å². The van der Waals surface area contributed by atoms with E-state index < -0.39 is 44.6 Å². The van der Waals surface area contributed by atoms with Gasteiger partial charge in [0.25, 0.3) is 0 Å². The maximum atomic E-state index is 12.1. The van der Waals surface area contributed by atoms with Crippen LogP contribution in [0.25, 0.3) is 0 Å². The van der Waals surface area contributed by atoms with E-state index in [2.05, 4.69) is 0 Å². The molecule has 3 atom stereocenters. The molecule has 164 valence electrons. The summed E-state index contributed by atoms with van der Waals surface area (Å²) in [5, 5.41) is 0. The predicted octanol–water partition coefficient (Wildman–Crippen LogP) is 2.40. The van der Waals surface area contributed by atoms with Crippen molar-refractivity contribution in [1.82, 2.24) is 0 Å². The van der Waals surface area contributed by atoms with Gasteiger partial charge in [-0.25, -0.2) is 14.4 Å². The van der Waals surface area contributed by atoms with Crippen LogP contribution in [-0.4, -0.2) is 36.0 Å². The molecule has 0 bridgehead atoms. The van der Waals surface area contributed by atoms with Crippen molar-refractivity contribution >= 4 is 26.5 Å². The van der Waals surface area contributed by atoms with Crippen molar-refractivity contribution in [3.05, 3.63) is 0 Å². The maximum Gasteiger partial charge on any atom is 0.537 e. The third-order valence-electron chi connectivity index (χ3n) is 4.01. The van der Waals surface area contributed by atoms with E-state index in [4.69, 9.17) is 30.8 Å². The van der Waals surface area contributed by atoms with Crippen LogP contribution in [0.4, 0.5) is 0 Å². The fourth-order valence-corrected chi connectivity index (χ4v) is 3.06. The van der Waals surface area contributed by atoms with E-state index in [-0.39, 0.29) is 0 Å². The minimum Gasteiger partial charge on any atom is -0.374 e. The molecule has 3 unspecified atom stereocenters. The maximum absolute atomic E-state index is 12.1. The van der Waals surface area contributed by atoms with Crippen molar-refractivity contribution in [2.75, 3.05) is 0 Å². The van der Waals surface area contributed by atoms with Crippen molar-refractivity contribution < 1.29 is 28.0 Å². The fourth-order valence-electron chi connectivity index (χ4n) is 2.11. The Balaban J connectivity index is 4.96. The van der Waals surface area contributed by atoms with Crippen LogP contribution in [0.15, 0.2) is 0 Å². The van der Waals surface area contributed by atoms with E-state index >= 15 is 0 Å². The molecular weight excluding hydrogens is 385 g/mol. The lowest BCUT2D eigenvalue weighted by molar-refractivity contribution is -0.144. The van der Waals surface area contributed by atoms with Gasteiger partial charge in [-0.2, -0.15) is 0 Å². The van der Waals surface area contributed by atoms with Gasteiger partial charge in [-0.05, 0) is 19.3 Å². The van der Waals surface area contributed by atoms with Gasteiger partial charge in [0.1, 0.15) is 18.1 Å².